The van der Waals surface area contributed by atoms with E-state index in [4.69, 9.17) is 4.74 Å². The van der Waals surface area contributed by atoms with Crippen LogP contribution in [0, 0.1) is 11.7 Å². The molecule has 1 fully saturated rings. The molecule has 0 spiro atoms. The Balaban J connectivity index is 1.68. The number of thiazole rings is 1. The lowest BCUT2D eigenvalue weighted by atomic mass is 9.84. The third-order valence-electron chi connectivity index (χ3n) is 5.51. The summed E-state index contributed by atoms with van der Waals surface area (Å²) >= 11 is 1.25. The lowest BCUT2D eigenvalue weighted by Gasteiger charge is -2.42. The normalized spacial score (nSPS) is 23.0. The first-order valence-corrected chi connectivity index (χ1v) is 11.8. The van der Waals surface area contributed by atoms with Gasteiger partial charge in [-0.1, -0.05) is 19.8 Å². The third-order valence-corrected chi connectivity index (χ3v) is 8.11. The third kappa shape index (κ3) is 3.69. The molecule has 1 aromatic carbocycles. The molecular formula is C19H23FN2O3S2. The summed E-state index contributed by atoms with van der Waals surface area (Å²) in [6.45, 7) is 3.42. The molecule has 0 radical (unpaired) electrons. The molecule has 2 heterocycles. The summed E-state index contributed by atoms with van der Waals surface area (Å²) in [6.07, 6.45) is 6.19. The average Bonchev–Trinajstić information content (AvgIpc) is 3.13. The van der Waals surface area contributed by atoms with Crippen molar-refractivity contribution in [3.63, 3.8) is 0 Å². The molecule has 0 N–H and O–H groups in total. The Morgan fingerprint density at radius 3 is 2.89 bits per heavy atom. The first kappa shape index (κ1) is 18.7. The van der Waals surface area contributed by atoms with Crippen LogP contribution in [0.15, 0.2) is 28.6 Å². The van der Waals surface area contributed by atoms with Gasteiger partial charge in [-0.2, -0.15) is 0 Å². The van der Waals surface area contributed by atoms with Crippen LogP contribution in [-0.2, 0) is 15.6 Å². The number of fused-ring (bicyclic) bond motifs is 1. The Labute approximate surface area is 163 Å². The van der Waals surface area contributed by atoms with Crippen molar-refractivity contribution in [3.8, 4) is 5.75 Å². The van der Waals surface area contributed by atoms with E-state index in [-0.39, 0.29) is 10.6 Å². The Morgan fingerprint density at radius 1 is 1.33 bits per heavy atom. The van der Waals surface area contributed by atoms with Crippen molar-refractivity contribution in [2.24, 2.45) is 5.92 Å². The SMILES string of the molecule is C[C@H]1CCCC[C@@H]1N1CCOc2cc(S(=O)(=O)Cc3nccs3)c(F)cc21. The minimum absolute atomic E-state index is 0.302. The van der Waals surface area contributed by atoms with Crippen LogP contribution in [0.1, 0.15) is 37.6 Å². The molecule has 1 aromatic heterocycles. The van der Waals surface area contributed by atoms with Crippen LogP contribution in [0.25, 0.3) is 0 Å². The molecule has 5 nitrogen and oxygen atoms in total. The van der Waals surface area contributed by atoms with Crippen molar-refractivity contribution in [2.75, 3.05) is 18.1 Å². The van der Waals surface area contributed by atoms with Gasteiger partial charge in [-0.05, 0) is 18.8 Å². The van der Waals surface area contributed by atoms with Gasteiger partial charge in [0.2, 0.25) is 0 Å². The summed E-state index contributed by atoms with van der Waals surface area (Å²) in [5, 5.41) is 2.16. The summed E-state index contributed by atoms with van der Waals surface area (Å²) in [5.41, 5.74) is 0.672. The number of anilines is 1. The lowest BCUT2D eigenvalue weighted by Crippen LogP contribution is -2.45. The molecule has 2 aromatic rings. The quantitative estimate of drug-likeness (QED) is 0.762. The van der Waals surface area contributed by atoms with Gasteiger partial charge in [-0.15, -0.1) is 11.3 Å². The molecule has 146 valence electrons. The van der Waals surface area contributed by atoms with Crippen molar-refractivity contribution in [1.82, 2.24) is 4.98 Å². The fourth-order valence-electron chi connectivity index (χ4n) is 4.15. The number of rotatable bonds is 4. The number of halogens is 1. The van der Waals surface area contributed by atoms with Gasteiger partial charge in [0, 0.05) is 29.8 Å². The fraction of sp³-hybridized carbons (Fsp3) is 0.526. The van der Waals surface area contributed by atoms with Gasteiger partial charge in [0.15, 0.2) is 9.84 Å². The van der Waals surface area contributed by atoms with Crippen LogP contribution < -0.4 is 9.64 Å². The topological polar surface area (TPSA) is 59.5 Å². The van der Waals surface area contributed by atoms with Gasteiger partial charge < -0.3 is 9.64 Å². The Morgan fingerprint density at radius 2 is 2.15 bits per heavy atom. The summed E-state index contributed by atoms with van der Waals surface area (Å²) in [4.78, 5) is 5.90. The van der Waals surface area contributed by atoms with Gasteiger partial charge in [-0.3, -0.25) is 0 Å². The smallest absolute Gasteiger partial charge is 0.187 e. The maximum Gasteiger partial charge on any atom is 0.187 e. The van der Waals surface area contributed by atoms with E-state index in [1.165, 1.54) is 42.7 Å². The van der Waals surface area contributed by atoms with E-state index in [1.54, 1.807) is 11.6 Å². The Hall–Kier alpha value is -1.67. The molecule has 1 aliphatic carbocycles. The molecule has 0 bridgehead atoms. The van der Waals surface area contributed by atoms with E-state index in [9.17, 15) is 12.8 Å². The summed E-state index contributed by atoms with van der Waals surface area (Å²) in [7, 11) is -3.83. The minimum Gasteiger partial charge on any atom is -0.490 e. The molecule has 27 heavy (non-hydrogen) atoms. The van der Waals surface area contributed by atoms with Crippen LogP contribution >= 0.6 is 11.3 Å². The predicted octanol–water partition coefficient (Wildman–Crippen LogP) is 4.03. The highest BCUT2D eigenvalue weighted by Crippen LogP contribution is 2.40. The molecule has 1 aliphatic heterocycles. The zero-order valence-electron chi connectivity index (χ0n) is 15.2. The second-order valence-corrected chi connectivity index (χ2v) is 10.2. The first-order chi connectivity index (χ1) is 13.0. The van der Waals surface area contributed by atoms with Gasteiger partial charge >= 0.3 is 0 Å². The van der Waals surface area contributed by atoms with Crippen molar-refractivity contribution in [2.45, 2.75) is 49.3 Å². The number of hydrogen-bond acceptors (Lipinski definition) is 6. The summed E-state index contributed by atoms with van der Waals surface area (Å²) in [5.74, 6) is -0.0347. The molecule has 2 aliphatic rings. The highest BCUT2D eigenvalue weighted by Gasteiger charge is 2.33. The maximum absolute atomic E-state index is 14.9. The van der Waals surface area contributed by atoms with Gasteiger partial charge in [0.05, 0.1) is 12.2 Å². The number of nitrogens with zero attached hydrogens (tertiary/aromatic N) is 2. The summed E-state index contributed by atoms with van der Waals surface area (Å²) < 4.78 is 46.0. The van der Waals surface area contributed by atoms with Gasteiger partial charge in [0.1, 0.15) is 33.8 Å². The van der Waals surface area contributed by atoms with E-state index in [1.807, 2.05) is 0 Å². The number of sulfone groups is 1. The number of benzene rings is 1. The number of hydrogen-bond donors (Lipinski definition) is 0. The summed E-state index contributed by atoms with van der Waals surface area (Å²) in [6, 6.07) is 3.04. The van der Waals surface area contributed by atoms with Gasteiger partial charge in [-0.25, -0.2) is 17.8 Å². The highest BCUT2D eigenvalue weighted by atomic mass is 32.2. The van der Waals surface area contributed by atoms with Crippen molar-refractivity contribution >= 4 is 26.9 Å². The van der Waals surface area contributed by atoms with Crippen LogP contribution in [0.4, 0.5) is 10.1 Å². The van der Waals surface area contributed by atoms with Crippen LogP contribution in [0.2, 0.25) is 0 Å². The number of ether oxygens (including phenoxy) is 1. The molecule has 0 amide bonds. The molecule has 8 heteroatoms. The van der Waals surface area contributed by atoms with E-state index in [2.05, 4.69) is 16.8 Å². The largest absolute Gasteiger partial charge is 0.490 e. The minimum atomic E-state index is -3.83. The molecule has 4 rings (SSSR count). The second kappa shape index (κ2) is 7.39. The van der Waals surface area contributed by atoms with E-state index in [0.29, 0.717) is 41.6 Å². The van der Waals surface area contributed by atoms with Crippen molar-refractivity contribution < 1.29 is 17.5 Å². The molecule has 1 saturated carbocycles. The van der Waals surface area contributed by atoms with E-state index < -0.39 is 15.7 Å². The first-order valence-electron chi connectivity index (χ1n) is 9.30. The number of aromatic nitrogens is 1. The average molecular weight is 411 g/mol. The Kier molecular flexibility index (Phi) is 5.11. The molecular weight excluding hydrogens is 387 g/mol. The van der Waals surface area contributed by atoms with Crippen molar-refractivity contribution in [1.29, 1.82) is 0 Å². The monoisotopic (exact) mass is 410 g/mol. The lowest BCUT2D eigenvalue weighted by molar-refractivity contribution is 0.260. The van der Waals surface area contributed by atoms with Crippen LogP contribution in [-0.4, -0.2) is 32.6 Å². The Bertz CT molecular complexity index is 915. The van der Waals surface area contributed by atoms with Crippen LogP contribution in [0.3, 0.4) is 0 Å². The molecule has 0 saturated heterocycles. The molecule has 2 atom stereocenters. The second-order valence-electron chi connectivity index (χ2n) is 7.31. The maximum atomic E-state index is 14.9. The zero-order valence-corrected chi connectivity index (χ0v) is 16.9. The predicted molar refractivity (Wildman–Crippen MR) is 104 cm³/mol. The van der Waals surface area contributed by atoms with Crippen LogP contribution in [0.5, 0.6) is 5.75 Å². The van der Waals surface area contributed by atoms with Crippen molar-refractivity contribution in [3.05, 3.63) is 34.5 Å². The van der Waals surface area contributed by atoms with E-state index in [0.717, 1.165) is 6.42 Å². The zero-order chi connectivity index (χ0) is 19.0. The standard InChI is InChI=1S/C19H23FN2O3S2/c1-13-4-2-3-5-15(13)22-7-8-25-17-11-18(14(20)10-16(17)22)27(23,24)12-19-21-6-9-26-19/h6,9-11,13,15H,2-5,7-8,12H2,1H3/t13-,15-/m0/s1. The van der Waals surface area contributed by atoms with Gasteiger partial charge in [0.25, 0.3) is 0 Å². The fourth-order valence-corrected chi connectivity index (χ4v) is 6.48. The van der Waals surface area contributed by atoms with E-state index >= 15 is 0 Å². The molecule has 0 unspecified atom stereocenters. The highest BCUT2D eigenvalue weighted by molar-refractivity contribution is 7.90.